The first-order valence-corrected chi connectivity index (χ1v) is 10.2. The molecule has 5 nitrogen and oxygen atoms in total. The van der Waals surface area contributed by atoms with Gasteiger partial charge in [-0.3, -0.25) is 0 Å². The number of nitrogens with one attached hydrogen (secondary N) is 2. The van der Waals surface area contributed by atoms with E-state index in [0.29, 0.717) is 6.54 Å². The van der Waals surface area contributed by atoms with Crippen molar-refractivity contribution in [3.63, 3.8) is 0 Å². The average molecular weight is 486 g/mol. The van der Waals surface area contributed by atoms with E-state index >= 15 is 0 Å². The Hall–Kier alpha value is -1.02. The lowest BCUT2D eigenvalue weighted by Crippen LogP contribution is -2.42. The van der Waals surface area contributed by atoms with Gasteiger partial charge in [0.1, 0.15) is 5.75 Å². The van der Waals surface area contributed by atoms with Gasteiger partial charge < -0.3 is 20.3 Å². The molecule has 1 saturated carbocycles. The molecule has 1 aliphatic heterocycles. The third-order valence-electron chi connectivity index (χ3n) is 5.29. The molecule has 1 heterocycles. The van der Waals surface area contributed by atoms with Gasteiger partial charge in [0.2, 0.25) is 0 Å². The Morgan fingerprint density at radius 3 is 2.56 bits per heavy atom. The van der Waals surface area contributed by atoms with Gasteiger partial charge in [-0.15, -0.1) is 24.0 Å². The zero-order chi connectivity index (χ0) is 18.2. The van der Waals surface area contributed by atoms with Gasteiger partial charge in [0.15, 0.2) is 5.96 Å². The number of para-hydroxylation sites is 1. The number of hydrogen-bond donors (Lipinski definition) is 2. The Morgan fingerprint density at radius 2 is 1.85 bits per heavy atom. The number of benzene rings is 1. The lowest BCUT2D eigenvalue weighted by atomic mass is 9.97. The molecular formula is C21H35IN4O. The molecule has 27 heavy (non-hydrogen) atoms. The van der Waals surface area contributed by atoms with Crippen molar-refractivity contribution in [2.45, 2.75) is 39.2 Å². The van der Waals surface area contributed by atoms with E-state index in [2.05, 4.69) is 47.7 Å². The zero-order valence-corrected chi connectivity index (χ0v) is 19.1. The molecule has 0 spiro atoms. The Kier molecular flexibility index (Phi) is 9.68. The second-order valence-corrected chi connectivity index (χ2v) is 7.68. The molecule has 1 aromatic rings. The van der Waals surface area contributed by atoms with Gasteiger partial charge in [-0.05, 0) is 70.6 Å². The van der Waals surface area contributed by atoms with E-state index in [4.69, 9.17) is 9.73 Å². The fraction of sp³-hybridized carbons (Fsp3) is 0.667. The number of rotatable bonds is 8. The number of hydrogen-bond acceptors (Lipinski definition) is 3. The molecule has 0 bridgehead atoms. The molecule has 0 aromatic heterocycles. The van der Waals surface area contributed by atoms with Crippen molar-refractivity contribution in [3.8, 4) is 5.75 Å². The highest BCUT2D eigenvalue weighted by molar-refractivity contribution is 14.0. The molecular weight excluding hydrogens is 451 g/mol. The smallest absolute Gasteiger partial charge is 0.191 e. The van der Waals surface area contributed by atoms with Gasteiger partial charge in [0, 0.05) is 18.7 Å². The predicted molar refractivity (Wildman–Crippen MR) is 123 cm³/mol. The maximum Gasteiger partial charge on any atom is 0.191 e. The minimum Gasteiger partial charge on any atom is -0.493 e. The highest BCUT2D eigenvalue weighted by atomic mass is 127. The van der Waals surface area contributed by atoms with E-state index < -0.39 is 0 Å². The zero-order valence-electron chi connectivity index (χ0n) is 16.7. The molecule has 1 aromatic carbocycles. The molecule has 152 valence electrons. The second-order valence-electron chi connectivity index (χ2n) is 7.68. The number of nitrogens with zero attached hydrogens (tertiary/aromatic N) is 2. The topological polar surface area (TPSA) is 48.9 Å². The van der Waals surface area contributed by atoms with Crippen LogP contribution in [0.2, 0.25) is 0 Å². The average Bonchev–Trinajstić information content (AvgIpc) is 3.49. The summed E-state index contributed by atoms with van der Waals surface area (Å²) in [7, 11) is 2.21. The third-order valence-corrected chi connectivity index (χ3v) is 5.29. The molecule has 3 rings (SSSR count). The van der Waals surface area contributed by atoms with Crippen LogP contribution in [0.15, 0.2) is 29.3 Å². The number of aliphatic imine (C=N–C) groups is 1. The molecule has 2 aliphatic rings. The van der Waals surface area contributed by atoms with Crippen LogP contribution in [0.25, 0.3) is 0 Å². The largest absolute Gasteiger partial charge is 0.493 e. The van der Waals surface area contributed by atoms with E-state index in [-0.39, 0.29) is 24.0 Å². The van der Waals surface area contributed by atoms with Crippen LogP contribution in [0, 0.1) is 11.8 Å². The molecule has 2 fully saturated rings. The molecule has 6 heteroatoms. The highest BCUT2D eigenvalue weighted by Gasteiger charge is 2.22. The molecule has 1 aliphatic carbocycles. The van der Waals surface area contributed by atoms with Gasteiger partial charge in [-0.2, -0.15) is 0 Å². The second kappa shape index (κ2) is 11.7. The SMILES string of the molecule is CCNC(=NCc1ccccc1OCC1CC1)NCC1CCN(C)CC1.I. The maximum atomic E-state index is 6.00. The number of piperidine rings is 1. The Balaban J connectivity index is 0.00000261. The molecule has 2 N–H and O–H groups in total. The Labute approximate surface area is 181 Å². The van der Waals surface area contributed by atoms with Gasteiger partial charge in [0.05, 0.1) is 13.2 Å². The normalized spacial score (nSPS) is 18.7. The summed E-state index contributed by atoms with van der Waals surface area (Å²) >= 11 is 0. The molecule has 1 saturated heterocycles. The van der Waals surface area contributed by atoms with Crippen molar-refractivity contribution in [1.82, 2.24) is 15.5 Å². The quantitative estimate of drug-likeness (QED) is 0.336. The van der Waals surface area contributed by atoms with Gasteiger partial charge in [-0.25, -0.2) is 4.99 Å². The Bertz CT molecular complexity index is 583. The maximum absolute atomic E-state index is 6.00. The van der Waals surface area contributed by atoms with Crippen molar-refractivity contribution >= 4 is 29.9 Å². The minimum absolute atomic E-state index is 0. The monoisotopic (exact) mass is 486 g/mol. The van der Waals surface area contributed by atoms with Crippen molar-refractivity contribution in [3.05, 3.63) is 29.8 Å². The fourth-order valence-electron chi connectivity index (χ4n) is 3.28. The van der Waals surface area contributed by atoms with E-state index in [1.165, 1.54) is 38.8 Å². The fourth-order valence-corrected chi connectivity index (χ4v) is 3.28. The standard InChI is InChI=1S/C21H34N4O.HI/c1-3-22-21(23-14-17-10-12-25(2)13-11-17)24-15-19-6-4-5-7-20(19)26-16-18-8-9-18;/h4-7,17-18H,3,8-16H2,1-2H3,(H2,22,23,24);1H. The molecule has 0 amide bonds. The van der Waals surface area contributed by atoms with Crippen molar-refractivity contribution in [2.75, 3.05) is 39.8 Å². The lowest BCUT2D eigenvalue weighted by Gasteiger charge is -2.29. The van der Waals surface area contributed by atoms with Gasteiger partial charge in [0.25, 0.3) is 0 Å². The van der Waals surface area contributed by atoms with E-state index in [9.17, 15) is 0 Å². The van der Waals surface area contributed by atoms with E-state index in [1.807, 2.05) is 6.07 Å². The summed E-state index contributed by atoms with van der Waals surface area (Å²) in [6, 6.07) is 8.28. The van der Waals surface area contributed by atoms with Crippen LogP contribution in [0.3, 0.4) is 0 Å². The van der Waals surface area contributed by atoms with Crippen molar-refractivity contribution in [1.29, 1.82) is 0 Å². The van der Waals surface area contributed by atoms with Gasteiger partial charge >= 0.3 is 0 Å². The summed E-state index contributed by atoms with van der Waals surface area (Å²) in [6.45, 7) is 7.87. The van der Waals surface area contributed by atoms with Crippen LogP contribution in [0.1, 0.15) is 38.2 Å². The lowest BCUT2D eigenvalue weighted by molar-refractivity contribution is 0.220. The van der Waals surface area contributed by atoms with Crippen LogP contribution in [-0.2, 0) is 6.54 Å². The summed E-state index contributed by atoms with van der Waals surface area (Å²) in [5.41, 5.74) is 1.16. The highest BCUT2D eigenvalue weighted by Crippen LogP contribution is 2.30. The molecule has 0 unspecified atom stereocenters. The number of halogens is 1. The van der Waals surface area contributed by atoms with Crippen LogP contribution >= 0.6 is 24.0 Å². The van der Waals surface area contributed by atoms with Crippen molar-refractivity contribution in [2.24, 2.45) is 16.8 Å². The van der Waals surface area contributed by atoms with E-state index in [1.54, 1.807) is 0 Å². The summed E-state index contributed by atoms with van der Waals surface area (Å²) in [5, 5.41) is 6.90. The first-order valence-electron chi connectivity index (χ1n) is 10.2. The summed E-state index contributed by atoms with van der Waals surface area (Å²) in [4.78, 5) is 7.20. The molecule has 0 atom stereocenters. The predicted octanol–water partition coefficient (Wildman–Crippen LogP) is 3.49. The van der Waals surface area contributed by atoms with Crippen LogP contribution in [0.5, 0.6) is 5.75 Å². The van der Waals surface area contributed by atoms with Crippen molar-refractivity contribution < 1.29 is 4.74 Å². The number of ether oxygens (including phenoxy) is 1. The summed E-state index contributed by atoms with van der Waals surface area (Å²) < 4.78 is 6.00. The van der Waals surface area contributed by atoms with Crippen LogP contribution in [0.4, 0.5) is 0 Å². The number of likely N-dealkylation sites (tertiary alicyclic amines) is 1. The van der Waals surface area contributed by atoms with Gasteiger partial charge in [-0.1, -0.05) is 18.2 Å². The number of guanidine groups is 1. The van der Waals surface area contributed by atoms with E-state index in [0.717, 1.165) is 48.8 Å². The van der Waals surface area contributed by atoms with Crippen LogP contribution < -0.4 is 15.4 Å². The summed E-state index contributed by atoms with van der Waals surface area (Å²) in [6.07, 6.45) is 5.15. The third kappa shape index (κ3) is 7.86. The summed E-state index contributed by atoms with van der Waals surface area (Å²) in [5.74, 6) is 3.39. The first-order chi connectivity index (χ1) is 12.7. The Morgan fingerprint density at radius 1 is 1.11 bits per heavy atom. The minimum atomic E-state index is 0. The van der Waals surface area contributed by atoms with Crippen LogP contribution in [-0.4, -0.2) is 50.7 Å². The molecule has 0 radical (unpaired) electrons. The first kappa shape index (κ1) is 22.3.